The van der Waals surface area contributed by atoms with Crippen LogP contribution >= 0.6 is 11.8 Å². The summed E-state index contributed by atoms with van der Waals surface area (Å²) in [6, 6.07) is 14.2. The minimum Gasteiger partial charge on any atom is -0.481 e. The molecular weight excluding hydrogens is 568 g/mol. The normalized spacial score (nSPS) is 12.6. The monoisotopic (exact) mass is 595 g/mol. The quantitative estimate of drug-likeness (QED) is 0.207. The van der Waals surface area contributed by atoms with Crippen LogP contribution in [0.15, 0.2) is 70.5 Å². The zero-order chi connectivity index (χ0) is 30.3. The van der Waals surface area contributed by atoms with Gasteiger partial charge in [-0.3, -0.25) is 4.79 Å². The second kappa shape index (κ2) is 11.0. The van der Waals surface area contributed by atoms with Gasteiger partial charge in [-0.15, -0.1) is 13.2 Å². The topological polar surface area (TPSA) is 51.5 Å². The summed E-state index contributed by atoms with van der Waals surface area (Å²) in [6.07, 6.45) is -9.44. The molecule has 4 aromatic rings. The number of aryl methyl sites for hydroxylation is 2. The minimum absolute atomic E-state index is 0.000304. The average molecular weight is 596 g/mol. The second-order valence-electron chi connectivity index (χ2n) is 10.5. The number of halogens is 6. The Morgan fingerprint density at radius 1 is 0.927 bits per heavy atom. The van der Waals surface area contributed by atoms with Gasteiger partial charge in [-0.05, 0) is 80.8 Å². The second-order valence-corrected chi connectivity index (χ2v) is 11.6. The molecule has 0 fully saturated rings. The molecule has 0 saturated carbocycles. The largest absolute Gasteiger partial charge is 0.573 e. The fraction of sp³-hybridized carbons (Fsp3) is 0.300. The number of aliphatic carboxylic acids is 1. The van der Waals surface area contributed by atoms with Crippen molar-refractivity contribution in [3.63, 3.8) is 0 Å². The van der Waals surface area contributed by atoms with Crippen molar-refractivity contribution in [1.82, 2.24) is 4.57 Å². The van der Waals surface area contributed by atoms with Crippen molar-refractivity contribution in [3.05, 3.63) is 88.6 Å². The average Bonchev–Trinajstić information content (AvgIpc) is 3.11. The molecule has 4 rings (SSSR count). The molecule has 1 N–H and O–H groups in total. The van der Waals surface area contributed by atoms with Gasteiger partial charge >= 0.3 is 18.5 Å². The molecule has 218 valence electrons. The molecule has 0 radical (unpaired) electrons. The molecule has 3 aromatic carbocycles. The van der Waals surface area contributed by atoms with Crippen molar-refractivity contribution in [2.24, 2.45) is 5.41 Å². The molecular formula is C30H27F6NO3S. The number of fused-ring (bicyclic) bond motifs is 1. The number of nitrogens with zero attached hydrogens (tertiary/aromatic N) is 1. The number of carbonyl (C=O) groups is 1. The third-order valence-electron chi connectivity index (χ3n) is 6.69. The van der Waals surface area contributed by atoms with Crippen LogP contribution in [0, 0.1) is 19.3 Å². The number of rotatable bonds is 8. The highest BCUT2D eigenvalue weighted by molar-refractivity contribution is 7.99. The lowest BCUT2D eigenvalue weighted by molar-refractivity contribution is -0.274. The molecule has 0 aliphatic carbocycles. The number of aromatic nitrogens is 1. The van der Waals surface area contributed by atoms with Crippen molar-refractivity contribution in [3.8, 4) is 5.75 Å². The summed E-state index contributed by atoms with van der Waals surface area (Å²) in [5.74, 6) is -1.52. The van der Waals surface area contributed by atoms with Crippen molar-refractivity contribution in [1.29, 1.82) is 0 Å². The molecule has 4 nitrogen and oxygen atoms in total. The van der Waals surface area contributed by atoms with Gasteiger partial charge in [-0.2, -0.15) is 13.2 Å². The number of carboxylic acids is 1. The van der Waals surface area contributed by atoms with Gasteiger partial charge in [-0.1, -0.05) is 36.0 Å². The molecule has 11 heteroatoms. The first-order valence-electron chi connectivity index (χ1n) is 12.5. The van der Waals surface area contributed by atoms with Crippen LogP contribution < -0.4 is 4.74 Å². The Morgan fingerprint density at radius 2 is 1.59 bits per heavy atom. The molecule has 41 heavy (non-hydrogen) atoms. The number of benzene rings is 3. The van der Waals surface area contributed by atoms with Gasteiger partial charge in [0.2, 0.25) is 0 Å². The highest BCUT2D eigenvalue weighted by Crippen LogP contribution is 2.44. The van der Waals surface area contributed by atoms with E-state index in [-0.39, 0.29) is 13.0 Å². The third-order valence-corrected chi connectivity index (χ3v) is 8.01. The predicted octanol–water partition coefficient (Wildman–Crippen LogP) is 9.03. The predicted molar refractivity (Wildman–Crippen MR) is 144 cm³/mol. The Balaban J connectivity index is 1.96. The van der Waals surface area contributed by atoms with Crippen LogP contribution in [0.3, 0.4) is 0 Å². The van der Waals surface area contributed by atoms with Gasteiger partial charge in [0.1, 0.15) is 5.75 Å². The molecule has 0 aliphatic rings. The minimum atomic E-state index is -4.93. The van der Waals surface area contributed by atoms with Crippen LogP contribution in [0.4, 0.5) is 26.3 Å². The SMILES string of the molecule is Cc1ccc(C)c(Sc2c(CC(C)(C)C(=O)O)n(Cc3ccc(C(F)(F)F)cc3)c3ccc(OC(F)(F)F)cc23)c1. The van der Waals surface area contributed by atoms with Crippen LogP contribution in [0.5, 0.6) is 5.75 Å². The van der Waals surface area contributed by atoms with Gasteiger partial charge in [0.15, 0.2) is 0 Å². The summed E-state index contributed by atoms with van der Waals surface area (Å²) in [4.78, 5) is 13.5. The van der Waals surface area contributed by atoms with Crippen molar-refractivity contribution < 1.29 is 41.0 Å². The molecule has 0 saturated heterocycles. The maximum atomic E-state index is 13.2. The first-order valence-corrected chi connectivity index (χ1v) is 13.3. The molecule has 0 aliphatic heterocycles. The lowest BCUT2D eigenvalue weighted by Gasteiger charge is -2.22. The first-order chi connectivity index (χ1) is 18.9. The van der Waals surface area contributed by atoms with E-state index in [1.807, 2.05) is 32.0 Å². The van der Waals surface area contributed by atoms with Gasteiger partial charge in [0.05, 0.1) is 11.0 Å². The summed E-state index contributed by atoms with van der Waals surface area (Å²) in [6.45, 7) is 6.94. The van der Waals surface area contributed by atoms with Crippen molar-refractivity contribution >= 4 is 28.6 Å². The van der Waals surface area contributed by atoms with E-state index in [1.165, 1.54) is 36.0 Å². The van der Waals surface area contributed by atoms with E-state index in [4.69, 9.17) is 0 Å². The Kier molecular flexibility index (Phi) is 8.14. The van der Waals surface area contributed by atoms with E-state index in [0.717, 1.165) is 34.2 Å². The standard InChI is InChI=1S/C30H27F6NO3S/c1-17-5-6-18(2)25(13-17)41-26-22-14-21(40-30(34,35)36)11-12-23(22)37(24(26)15-28(3,4)27(38)39)16-19-7-9-20(10-8-19)29(31,32)33/h5-14H,15-16H2,1-4H3,(H,38,39). The summed E-state index contributed by atoms with van der Waals surface area (Å²) >= 11 is 1.30. The zero-order valence-corrected chi connectivity index (χ0v) is 23.4. The van der Waals surface area contributed by atoms with Crippen molar-refractivity contribution in [2.75, 3.05) is 0 Å². The molecule has 0 spiro atoms. The molecule has 1 aromatic heterocycles. The van der Waals surface area contributed by atoms with Crippen LogP contribution in [0.2, 0.25) is 0 Å². The smallest absolute Gasteiger partial charge is 0.481 e. The van der Waals surface area contributed by atoms with Crippen LogP contribution in [0.1, 0.15) is 41.8 Å². The van der Waals surface area contributed by atoms with E-state index in [0.29, 0.717) is 27.1 Å². The number of ether oxygens (including phenoxy) is 1. The molecule has 0 amide bonds. The maximum Gasteiger partial charge on any atom is 0.573 e. The van der Waals surface area contributed by atoms with Crippen molar-refractivity contribution in [2.45, 2.75) is 63.0 Å². The molecule has 1 heterocycles. The fourth-order valence-electron chi connectivity index (χ4n) is 4.43. The van der Waals surface area contributed by atoms with E-state index in [2.05, 4.69) is 4.74 Å². The van der Waals surface area contributed by atoms with Gasteiger partial charge < -0.3 is 14.4 Å². The Morgan fingerprint density at radius 3 is 2.17 bits per heavy atom. The van der Waals surface area contributed by atoms with E-state index in [1.54, 1.807) is 18.4 Å². The van der Waals surface area contributed by atoms with E-state index >= 15 is 0 Å². The number of hydrogen-bond acceptors (Lipinski definition) is 3. The number of alkyl halides is 6. The maximum absolute atomic E-state index is 13.2. The van der Waals surface area contributed by atoms with E-state index < -0.39 is 35.2 Å². The van der Waals surface area contributed by atoms with Gasteiger partial charge in [-0.25, -0.2) is 0 Å². The molecule has 0 unspecified atom stereocenters. The summed E-state index contributed by atoms with van der Waals surface area (Å²) in [5, 5.41) is 10.3. The zero-order valence-electron chi connectivity index (χ0n) is 22.6. The Labute approximate surface area is 236 Å². The Bertz CT molecular complexity index is 1590. The van der Waals surface area contributed by atoms with Gasteiger partial charge in [0.25, 0.3) is 0 Å². The third kappa shape index (κ3) is 7.01. The molecule has 0 atom stereocenters. The number of carboxylic acid groups (broad SMARTS) is 1. The van der Waals surface area contributed by atoms with Crippen LogP contribution in [-0.2, 0) is 23.9 Å². The highest BCUT2D eigenvalue weighted by atomic mass is 32.2. The molecule has 0 bridgehead atoms. The first kappa shape index (κ1) is 30.4. The number of hydrogen-bond donors (Lipinski definition) is 1. The highest BCUT2D eigenvalue weighted by Gasteiger charge is 2.34. The fourth-order valence-corrected chi connectivity index (χ4v) is 5.69. The lowest BCUT2D eigenvalue weighted by Crippen LogP contribution is -2.27. The van der Waals surface area contributed by atoms with Crippen LogP contribution in [0.25, 0.3) is 10.9 Å². The Hall–Kier alpha value is -3.60. The summed E-state index contributed by atoms with van der Waals surface area (Å²) in [5.41, 5.74) is 1.31. The summed E-state index contributed by atoms with van der Waals surface area (Å²) in [7, 11) is 0. The van der Waals surface area contributed by atoms with Gasteiger partial charge in [0, 0.05) is 39.4 Å². The van der Waals surface area contributed by atoms with Crippen LogP contribution in [-0.4, -0.2) is 22.0 Å². The lowest BCUT2D eigenvalue weighted by atomic mass is 9.88. The van der Waals surface area contributed by atoms with E-state index in [9.17, 15) is 36.2 Å². The summed E-state index contributed by atoms with van der Waals surface area (Å²) < 4.78 is 84.7.